The molecule has 0 amide bonds. The predicted molar refractivity (Wildman–Crippen MR) is 342 cm³/mol. The summed E-state index contributed by atoms with van der Waals surface area (Å²) < 4.78 is 17.6. The molecule has 0 saturated heterocycles. The minimum Gasteiger partial charge on any atom is -0.458 e. The first-order valence-corrected chi connectivity index (χ1v) is 28.7. The highest BCUT2D eigenvalue weighted by Crippen LogP contribution is 2.51. The van der Waals surface area contributed by atoms with Crippen LogP contribution in [0.15, 0.2) is 243 Å². The second kappa shape index (κ2) is 18.4. The molecule has 0 fully saturated rings. The van der Waals surface area contributed by atoms with Gasteiger partial charge in [-0.3, -0.25) is 0 Å². The number of fused-ring (bicyclic) bond motifs is 10. The van der Waals surface area contributed by atoms with Crippen LogP contribution in [0.3, 0.4) is 0 Å². The van der Waals surface area contributed by atoms with Crippen molar-refractivity contribution in [1.82, 2.24) is 0 Å². The molecule has 9 heteroatoms. The minimum absolute atomic E-state index is 0.155. The van der Waals surface area contributed by atoms with Gasteiger partial charge >= 0.3 is 0 Å². The number of anilines is 12. The zero-order valence-electron chi connectivity index (χ0n) is 45.3. The summed E-state index contributed by atoms with van der Waals surface area (Å²) in [6.07, 6.45) is 0. The Morgan fingerprint density at radius 1 is 0.346 bits per heavy atom. The first kappa shape index (κ1) is 47.3. The van der Waals surface area contributed by atoms with Gasteiger partial charge in [0, 0.05) is 84.2 Å². The van der Waals surface area contributed by atoms with Gasteiger partial charge in [-0.1, -0.05) is 150 Å². The summed E-state index contributed by atoms with van der Waals surface area (Å²) in [6, 6.07) is 88.8. The van der Waals surface area contributed by atoms with Crippen molar-refractivity contribution in [2.75, 3.05) is 19.6 Å². The maximum absolute atomic E-state index is 7.56. The quantitative estimate of drug-likeness (QED) is 0.141. The Morgan fingerprint density at radius 2 is 0.778 bits per heavy atom. The number of nitrogens with zero attached hydrogens (tertiary/aromatic N) is 4. The van der Waals surface area contributed by atoms with E-state index in [9.17, 15) is 0 Å². The number of thiophene rings is 1. The van der Waals surface area contributed by atoms with Gasteiger partial charge < -0.3 is 29.1 Å². The van der Waals surface area contributed by atoms with E-state index in [1.54, 1.807) is 0 Å². The maximum Gasteiger partial charge on any atom is 0.268 e. The summed E-state index contributed by atoms with van der Waals surface area (Å²) >= 11 is 1.89. The molecule has 0 aliphatic carbocycles. The van der Waals surface area contributed by atoms with Gasteiger partial charge in [-0.05, 0) is 152 Å². The molecule has 0 spiro atoms. The predicted octanol–water partition coefficient (Wildman–Crippen LogP) is 15.9. The molecule has 0 unspecified atom stereocenters. The Balaban J connectivity index is 0.946. The van der Waals surface area contributed by atoms with Crippen molar-refractivity contribution < 1.29 is 9.47 Å². The van der Waals surface area contributed by atoms with Crippen LogP contribution < -0.4 is 61.2 Å². The fourth-order valence-corrected chi connectivity index (χ4v) is 14.3. The lowest BCUT2D eigenvalue weighted by Gasteiger charge is -2.42. The van der Waals surface area contributed by atoms with Crippen LogP contribution in [0.4, 0.5) is 68.2 Å². The molecule has 0 atom stereocenters. The third-order valence-electron chi connectivity index (χ3n) is 16.8. The van der Waals surface area contributed by atoms with Crippen LogP contribution in [0.5, 0.6) is 23.0 Å². The summed E-state index contributed by atoms with van der Waals surface area (Å²) in [4.78, 5) is 9.66. The van der Waals surface area contributed by atoms with E-state index in [0.717, 1.165) is 107 Å². The van der Waals surface area contributed by atoms with E-state index < -0.39 is 0 Å². The number of hydrogen-bond donors (Lipinski definition) is 0. The summed E-state index contributed by atoms with van der Waals surface area (Å²) in [7, 11) is 0. The third-order valence-corrected chi connectivity index (χ3v) is 18.0. The second-order valence-electron chi connectivity index (χ2n) is 22.0. The fourth-order valence-electron chi connectivity index (χ4n) is 13.0. The molecule has 1 aromatic heterocycles. The lowest BCUT2D eigenvalue weighted by Crippen LogP contribution is -2.62. The van der Waals surface area contributed by atoms with Crippen LogP contribution in [-0.4, -0.2) is 13.4 Å². The van der Waals surface area contributed by atoms with Crippen LogP contribution in [0.25, 0.3) is 10.1 Å². The molecule has 0 saturated carbocycles. The van der Waals surface area contributed by atoms with Gasteiger partial charge in [0.15, 0.2) is 0 Å². The molecule has 0 radical (unpaired) electrons. The van der Waals surface area contributed by atoms with Gasteiger partial charge in [0.25, 0.3) is 13.4 Å². The zero-order valence-corrected chi connectivity index (χ0v) is 46.1. The Hall–Kier alpha value is -9.69. The SMILES string of the molecule is Cc1ccc(N(c2ccc(C)cc2)c2cc3c4c(c2)N(c2ccccc2)c2ccccc2B4c2cc4c(cc2O3)Oc2cc(N(c3ccc(C)cc3)c3ccc(C)cc3)cc3c2B4c2sc4ccccc4c2N3c2ccccc2)cc1. The van der Waals surface area contributed by atoms with Gasteiger partial charge in [0.05, 0.1) is 17.1 Å². The molecule has 384 valence electrons. The molecular formula is C72H52B2N4O2S. The van der Waals surface area contributed by atoms with Gasteiger partial charge in [0.2, 0.25) is 0 Å². The van der Waals surface area contributed by atoms with Gasteiger partial charge in [-0.15, -0.1) is 11.3 Å². The topological polar surface area (TPSA) is 31.4 Å². The number of ether oxygens (including phenoxy) is 2. The van der Waals surface area contributed by atoms with Crippen LogP contribution in [0.1, 0.15) is 22.3 Å². The highest BCUT2D eigenvalue weighted by atomic mass is 32.1. The molecule has 81 heavy (non-hydrogen) atoms. The molecule has 0 bridgehead atoms. The molecule has 11 aromatic carbocycles. The molecule has 4 aliphatic heterocycles. The number of benzene rings is 11. The average molecular weight is 1060 g/mol. The lowest BCUT2D eigenvalue weighted by molar-refractivity contribution is 0.466. The lowest BCUT2D eigenvalue weighted by atomic mass is 9.32. The smallest absolute Gasteiger partial charge is 0.268 e. The van der Waals surface area contributed by atoms with Crippen LogP contribution in [0, 0.1) is 27.7 Å². The monoisotopic (exact) mass is 1060 g/mol. The van der Waals surface area contributed by atoms with E-state index >= 15 is 0 Å². The van der Waals surface area contributed by atoms with Crippen molar-refractivity contribution in [2.45, 2.75) is 27.7 Å². The highest BCUT2D eigenvalue weighted by Gasteiger charge is 2.48. The Morgan fingerprint density at radius 3 is 1.31 bits per heavy atom. The molecule has 5 heterocycles. The molecule has 12 aromatic rings. The zero-order chi connectivity index (χ0) is 54.0. The third kappa shape index (κ3) is 7.56. The number of para-hydroxylation sites is 3. The average Bonchev–Trinajstić information content (AvgIpc) is 3.37. The molecular weight excluding hydrogens is 1010 g/mol. The van der Waals surface area contributed by atoms with Crippen molar-refractivity contribution in [2.24, 2.45) is 0 Å². The fraction of sp³-hybridized carbons (Fsp3) is 0.0556. The Kier molecular flexibility index (Phi) is 10.8. The second-order valence-corrected chi connectivity index (χ2v) is 23.1. The van der Waals surface area contributed by atoms with E-state index in [1.165, 1.54) is 48.3 Å². The van der Waals surface area contributed by atoms with Crippen LogP contribution >= 0.6 is 11.3 Å². The van der Waals surface area contributed by atoms with E-state index in [0.29, 0.717) is 0 Å². The maximum atomic E-state index is 7.56. The summed E-state index contributed by atoms with van der Waals surface area (Å²) in [5.41, 5.74) is 23.5. The number of rotatable bonds is 8. The van der Waals surface area contributed by atoms with Gasteiger partial charge in [-0.25, -0.2) is 0 Å². The molecule has 0 N–H and O–H groups in total. The Labute approximate surface area is 477 Å². The van der Waals surface area contributed by atoms with E-state index in [1.807, 2.05) is 11.3 Å². The molecule has 4 aliphatic rings. The van der Waals surface area contributed by atoms with Crippen molar-refractivity contribution in [3.8, 4) is 23.0 Å². The number of aryl methyl sites for hydroxylation is 4. The first-order valence-electron chi connectivity index (χ1n) is 27.9. The van der Waals surface area contributed by atoms with E-state index in [-0.39, 0.29) is 13.4 Å². The molecule has 6 nitrogen and oxygen atoms in total. The Bertz CT molecular complexity index is 4380. The standard InChI is InChI=1S/C72H52B2N4O2S/c1-45-23-31-51(32-24-45)75(52-33-25-46(2)26-34-52)55-39-62-69-66(41-55)79-64-44-65-60(43-59(64)73(69)58-20-12-13-21-61(58)77(62)49-15-7-5-8-16-49)74-70-63(78(50-17-9-6-10-18-50)71-57-19-11-14-22-68(57)81-72(71)74)40-56(42-67(70)80-65)76(53-35-27-47(3)28-36-53)54-37-29-48(4)30-38-54/h5-44H,1-4H3. The summed E-state index contributed by atoms with van der Waals surface area (Å²) in [5.74, 6) is 3.21. The summed E-state index contributed by atoms with van der Waals surface area (Å²) in [6.45, 7) is 8.26. The van der Waals surface area contributed by atoms with E-state index in [4.69, 9.17) is 9.47 Å². The van der Waals surface area contributed by atoms with Crippen LogP contribution in [-0.2, 0) is 0 Å². The highest BCUT2D eigenvalue weighted by molar-refractivity contribution is 7.33. The molecule has 16 rings (SSSR count). The largest absolute Gasteiger partial charge is 0.458 e. The van der Waals surface area contributed by atoms with Gasteiger partial charge in [0.1, 0.15) is 23.0 Å². The summed E-state index contributed by atoms with van der Waals surface area (Å²) in [5, 5.41) is 1.23. The van der Waals surface area contributed by atoms with Gasteiger partial charge in [-0.2, -0.15) is 0 Å². The van der Waals surface area contributed by atoms with E-state index in [2.05, 4.69) is 290 Å². The normalized spacial score (nSPS) is 13.0. The van der Waals surface area contributed by atoms with Crippen molar-refractivity contribution in [1.29, 1.82) is 0 Å². The van der Waals surface area contributed by atoms with Crippen molar-refractivity contribution in [3.05, 3.63) is 265 Å². The first-order chi connectivity index (χ1) is 39.8. The van der Waals surface area contributed by atoms with Crippen LogP contribution in [0.2, 0.25) is 0 Å². The van der Waals surface area contributed by atoms with Crippen molar-refractivity contribution >= 4 is 135 Å². The minimum atomic E-state index is -0.159. The van der Waals surface area contributed by atoms with Crippen molar-refractivity contribution in [3.63, 3.8) is 0 Å². The number of hydrogen-bond acceptors (Lipinski definition) is 7.